The molecule has 1 aromatic heterocycles. The van der Waals surface area contributed by atoms with E-state index in [1.165, 1.54) is 4.88 Å². The quantitative estimate of drug-likeness (QED) is 0.768. The van der Waals surface area contributed by atoms with Crippen molar-refractivity contribution in [3.8, 4) is 0 Å². The molecule has 0 aliphatic rings. The molecule has 0 bridgehead atoms. The normalized spacial score (nSPS) is 10.3. The van der Waals surface area contributed by atoms with E-state index in [1.54, 1.807) is 11.3 Å². The first-order valence-corrected chi connectivity index (χ1v) is 4.75. The third kappa shape index (κ3) is 1.95. The zero-order valence-electron chi connectivity index (χ0n) is 8.01. The second-order valence-electron chi connectivity index (χ2n) is 2.93. The minimum Gasteiger partial charge on any atom is -0.354 e. The lowest BCUT2D eigenvalue weighted by Crippen LogP contribution is -2.07. The van der Waals surface area contributed by atoms with Gasteiger partial charge in [0.2, 0.25) is 0 Å². The lowest BCUT2D eigenvalue weighted by atomic mass is 10.4. The van der Waals surface area contributed by atoms with Gasteiger partial charge in [-0.1, -0.05) is 0 Å². The third-order valence-electron chi connectivity index (χ3n) is 1.60. The van der Waals surface area contributed by atoms with Gasteiger partial charge in [0.15, 0.2) is 5.13 Å². The van der Waals surface area contributed by atoms with Crippen LogP contribution in [0.25, 0.3) is 0 Å². The monoisotopic (exact) mass is 185 g/mol. The molecule has 1 aromatic rings. The van der Waals surface area contributed by atoms with Crippen molar-refractivity contribution < 1.29 is 0 Å². The number of hydrogen-bond acceptors (Lipinski definition) is 4. The molecule has 0 radical (unpaired) electrons. The van der Waals surface area contributed by atoms with Crippen LogP contribution in [-0.2, 0) is 6.54 Å². The van der Waals surface area contributed by atoms with Crippen molar-refractivity contribution in [1.82, 2.24) is 10.3 Å². The highest BCUT2D eigenvalue weighted by atomic mass is 32.1. The van der Waals surface area contributed by atoms with E-state index in [0.717, 1.165) is 17.4 Å². The van der Waals surface area contributed by atoms with Crippen LogP contribution < -0.4 is 10.2 Å². The van der Waals surface area contributed by atoms with Gasteiger partial charge < -0.3 is 10.2 Å². The van der Waals surface area contributed by atoms with Crippen molar-refractivity contribution in [2.45, 2.75) is 13.5 Å². The Balaban J connectivity index is 2.85. The maximum atomic E-state index is 4.43. The number of nitrogens with one attached hydrogen (secondary N) is 1. The maximum Gasteiger partial charge on any atom is 0.185 e. The molecule has 1 heterocycles. The summed E-state index contributed by atoms with van der Waals surface area (Å²) in [5.74, 6) is 0. The van der Waals surface area contributed by atoms with Gasteiger partial charge in [0.1, 0.15) is 0 Å². The molecule has 0 aromatic carbocycles. The number of thiazole rings is 1. The minimum atomic E-state index is 0.914. The highest BCUT2D eigenvalue weighted by molar-refractivity contribution is 7.15. The Morgan fingerprint density at radius 1 is 1.50 bits per heavy atom. The van der Waals surface area contributed by atoms with Crippen LogP contribution in [0.15, 0.2) is 0 Å². The molecule has 0 unspecified atom stereocenters. The number of anilines is 1. The smallest absolute Gasteiger partial charge is 0.185 e. The first-order valence-electron chi connectivity index (χ1n) is 3.93. The summed E-state index contributed by atoms with van der Waals surface area (Å²) in [6, 6.07) is 0. The summed E-state index contributed by atoms with van der Waals surface area (Å²) in [5.41, 5.74) is 1.14. The van der Waals surface area contributed by atoms with E-state index >= 15 is 0 Å². The molecule has 0 spiro atoms. The molecule has 68 valence electrons. The molecular weight excluding hydrogens is 170 g/mol. The molecule has 0 fully saturated rings. The first-order chi connectivity index (χ1) is 5.65. The third-order valence-corrected chi connectivity index (χ3v) is 2.93. The second kappa shape index (κ2) is 3.87. The summed E-state index contributed by atoms with van der Waals surface area (Å²) in [6.45, 7) is 2.97. The molecule has 1 N–H and O–H groups in total. The molecule has 0 saturated carbocycles. The molecule has 0 atom stereocenters. The molecule has 0 aliphatic carbocycles. The van der Waals surface area contributed by atoms with Crippen molar-refractivity contribution >= 4 is 16.5 Å². The molecule has 0 saturated heterocycles. The van der Waals surface area contributed by atoms with Gasteiger partial charge in [0.05, 0.1) is 5.69 Å². The van der Waals surface area contributed by atoms with E-state index in [4.69, 9.17) is 0 Å². The van der Waals surface area contributed by atoms with Crippen LogP contribution in [0.4, 0.5) is 5.13 Å². The van der Waals surface area contributed by atoms with Crippen LogP contribution in [0.3, 0.4) is 0 Å². The van der Waals surface area contributed by atoms with Crippen molar-refractivity contribution in [1.29, 1.82) is 0 Å². The Bertz CT molecular complexity index is 255. The summed E-state index contributed by atoms with van der Waals surface area (Å²) < 4.78 is 0. The Morgan fingerprint density at radius 3 is 2.58 bits per heavy atom. The number of hydrogen-bond donors (Lipinski definition) is 1. The second-order valence-corrected chi connectivity index (χ2v) is 3.99. The lowest BCUT2D eigenvalue weighted by Gasteiger charge is -2.05. The van der Waals surface area contributed by atoms with Gasteiger partial charge in [-0.15, -0.1) is 11.3 Å². The van der Waals surface area contributed by atoms with Crippen LogP contribution in [0.1, 0.15) is 10.6 Å². The zero-order valence-corrected chi connectivity index (χ0v) is 8.83. The fraction of sp³-hybridized carbons (Fsp3) is 0.625. The van der Waals surface area contributed by atoms with Crippen LogP contribution in [0.2, 0.25) is 0 Å². The van der Waals surface area contributed by atoms with Crippen LogP contribution in [0.5, 0.6) is 0 Å². The van der Waals surface area contributed by atoms with Crippen molar-refractivity contribution in [3.05, 3.63) is 10.6 Å². The molecule has 3 nitrogen and oxygen atoms in total. The first kappa shape index (κ1) is 9.48. The SMILES string of the molecule is CNCc1sc(N(C)C)nc1C. The molecule has 0 aliphatic heterocycles. The van der Waals surface area contributed by atoms with Gasteiger partial charge in [-0.3, -0.25) is 0 Å². The molecule has 1 rings (SSSR count). The van der Waals surface area contributed by atoms with E-state index in [-0.39, 0.29) is 0 Å². The highest BCUT2D eigenvalue weighted by Crippen LogP contribution is 2.23. The predicted molar refractivity (Wildman–Crippen MR) is 53.9 cm³/mol. The number of rotatable bonds is 3. The number of nitrogens with zero attached hydrogens (tertiary/aromatic N) is 2. The Labute approximate surface area is 77.4 Å². The fourth-order valence-corrected chi connectivity index (χ4v) is 1.92. The molecule has 4 heteroatoms. The van der Waals surface area contributed by atoms with E-state index in [9.17, 15) is 0 Å². The Kier molecular flexibility index (Phi) is 3.05. The standard InChI is InChI=1S/C8H15N3S/c1-6-7(5-9-2)12-8(10-6)11(3)4/h9H,5H2,1-4H3. The summed E-state index contributed by atoms with van der Waals surface area (Å²) in [5, 5.41) is 4.21. The van der Waals surface area contributed by atoms with Crippen LogP contribution in [0, 0.1) is 6.92 Å². The molecular formula is C8H15N3S. The van der Waals surface area contributed by atoms with Gasteiger partial charge in [0, 0.05) is 25.5 Å². The summed E-state index contributed by atoms with van der Waals surface area (Å²) in [4.78, 5) is 7.79. The van der Waals surface area contributed by atoms with Crippen LogP contribution in [-0.4, -0.2) is 26.1 Å². The predicted octanol–water partition coefficient (Wildman–Crippen LogP) is 1.24. The Morgan fingerprint density at radius 2 is 2.17 bits per heavy atom. The minimum absolute atomic E-state index is 0.914. The molecule has 0 amide bonds. The van der Waals surface area contributed by atoms with E-state index in [1.807, 2.05) is 26.0 Å². The van der Waals surface area contributed by atoms with Crippen molar-refractivity contribution in [2.24, 2.45) is 0 Å². The Hall–Kier alpha value is -0.610. The lowest BCUT2D eigenvalue weighted by molar-refractivity contribution is 0.822. The van der Waals surface area contributed by atoms with Gasteiger partial charge in [0.25, 0.3) is 0 Å². The molecule has 12 heavy (non-hydrogen) atoms. The highest BCUT2D eigenvalue weighted by Gasteiger charge is 2.07. The van der Waals surface area contributed by atoms with Crippen LogP contribution >= 0.6 is 11.3 Å². The summed E-state index contributed by atoms with van der Waals surface area (Å²) in [7, 11) is 5.98. The number of aryl methyl sites for hydroxylation is 1. The van der Waals surface area contributed by atoms with Gasteiger partial charge in [-0.25, -0.2) is 4.98 Å². The summed E-state index contributed by atoms with van der Waals surface area (Å²) >= 11 is 1.74. The van der Waals surface area contributed by atoms with E-state index in [0.29, 0.717) is 0 Å². The topological polar surface area (TPSA) is 28.2 Å². The van der Waals surface area contributed by atoms with Gasteiger partial charge in [-0.2, -0.15) is 0 Å². The summed E-state index contributed by atoms with van der Waals surface area (Å²) in [6.07, 6.45) is 0. The van der Waals surface area contributed by atoms with Gasteiger partial charge in [-0.05, 0) is 14.0 Å². The maximum absolute atomic E-state index is 4.43. The largest absolute Gasteiger partial charge is 0.354 e. The zero-order chi connectivity index (χ0) is 9.14. The van der Waals surface area contributed by atoms with Gasteiger partial charge >= 0.3 is 0 Å². The van der Waals surface area contributed by atoms with Crippen molar-refractivity contribution in [3.63, 3.8) is 0 Å². The average Bonchev–Trinajstić information content (AvgIpc) is 2.34. The number of aromatic nitrogens is 1. The van der Waals surface area contributed by atoms with E-state index < -0.39 is 0 Å². The fourth-order valence-electron chi connectivity index (χ4n) is 0.929. The van der Waals surface area contributed by atoms with E-state index in [2.05, 4.69) is 17.2 Å². The average molecular weight is 185 g/mol. The van der Waals surface area contributed by atoms with Crippen molar-refractivity contribution in [2.75, 3.05) is 26.0 Å².